The standard InChI is InChI=1S/C8H11FN2O.C2H6/c1-6-7(5-9)10-11-3-2-4-12-8(6)11;1-2/h2-5H2,1H3;1-2H3. The second-order valence-corrected chi connectivity index (χ2v) is 2.94. The fourth-order valence-corrected chi connectivity index (χ4v) is 1.43. The Bertz CT molecular complexity index is 297. The van der Waals surface area contributed by atoms with Gasteiger partial charge < -0.3 is 4.74 Å². The molecule has 80 valence electrons. The topological polar surface area (TPSA) is 27.1 Å². The third kappa shape index (κ3) is 1.89. The van der Waals surface area contributed by atoms with Crippen LogP contribution in [0, 0.1) is 6.92 Å². The Labute approximate surface area is 83.9 Å². The highest BCUT2D eigenvalue weighted by Gasteiger charge is 2.17. The first-order valence-corrected chi connectivity index (χ1v) is 5.08. The molecule has 0 spiro atoms. The van der Waals surface area contributed by atoms with Crippen LogP contribution < -0.4 is 4.74 Å². The number of hydrogen-bond acceptors (Lipinski definition) is 2. The summed E-state index contributed by atoms with van der Waals surface area (Å²) in [5.74, 6) is 0.744. The molecule has 0 unspecified atom stereocenters. The number of nitrogens with zero attached hydrogens (tertiary/aromatic N) is 2. The average Bonchev–Trinajstić information content (AvgIpc) is 2.59. The third-order valence-electron chi connectivity index (χ3n) is 2.11. The molecule has 0 fully saturated rings. The minimum Gasteiger partial charge on any atom is -0.478 e. The van der Waals surface area contributed by atoms with Gasteiger partial charge in [-0.25, -0.2) is 9.07 Å². The summed E-state index contributed by atoms with van der Waals surface area (Å²) >= 11 is 0. The lowest BCUT2D eigenvalue weighted by molar-refractivity contribution is 0.229. The fraction of sp³-hybridized carbons (Fsp3) is 0.700. The van der Waals surface area contributed by atoms with Crippen molar-refractivity contribution in [3.05, 3.63) is 11.3 Å². The first-order chi connectivity index (χ1) is 6.83. The molecule has 0 aliphatic carbocycles. The van der Waals surface area contributed by atoms with Gasteiger partial charge in [0.1, 0.15) is 12.4 Å². The zero-order valence-electron chi connectivity index (χ0n) is 9.01. The van der Waals surface area contributed by atoms with Gasteiger partial charge in [-0.1, -0.05) is 13.8 Å². The molecule has 1 aliphatic rings. The van der Waals surface area contributed by atoms with Gasteiger partial charge in [0, 0.05) is 18.5 Å². The van der Waals surface area contributed by atoms with Crippen molar-refractivity contribution < 1.29 is 9.13 Å². The van der Waals surface area contributed by atoms with Crippen molar-refractivity contribution in [2.24, 2.45) is 0 Å². The number of aromatic nitrogens is 2. The molecule has 0 amide bonds. The molecular weight excluding hydrogens is 183 g/mol. The Hall–Kier alpha value is -1.06. The van der Waals surface area contributed by atoms with Crippen molar-refractivity contribution in [1.82, 2.24) is 9.78 Å². The lowest BCUT2D eigenvalue weighted by Gasteiger charge is -2.14. The van der Waals surface area contributed by atoms with E-state index in [1.54, 1.807) is 4.68 Å². The molecule has 0 atom stereocenters. The average molecular weight is 200 g/mol. The van der Waals surface area contributed by atoms with Crippen molar-refractivity contribution in [2.45, 2.75) is 40.4 Å². The zero-order chi connectivity index (χ0) is 10.6. The second kappa shape index (κ2) is 4.98. The molecule has 1 aliphatic heterocycles. The fourth-order valence-electron chi connectivity index (χ4n) is 1.43. The van der Waals surface area contributed by atoms with Crippen LogP contribution in [0.5, 0.6) is 5.88 Å². The van der Waals surface area contributed by atoms with Gasteiger partial charge in [-0.15, -0.1) is 0 Å². The molecule has 0 saturated heterocycles. The van der Waals surface area contributed by atoms with Crippen molar-refractivity contribution in [1.29, 1.82) is 0 Å². The van der Waals surface area contributed by atoms with E-state index in [1.165, 1.54) is 0 Å². The lowest BCUT2D eigenvalue weighted by atomic mass is 10.3. The van der Waals surface area contributed by atoms with E-state index in [2.05, 4.69) is 5.10 Å². The number of aryl methyl sites for hydroxylation is 1. The molecule has 1 aromatic rings. The van der Waals surface area contributed by atoms with Crippen LogP contribution in [0.3, 0.4) is 0 Å². The van der Waals surface area contributed by atoms with Crippen LogP contribution in [0.25, 0.3) is 0 Å². The maximum Gasteiger partial charge on any atom is 0.215 e. The van der Waals surface area contributed by atoms with Crippen molar-refractivity contribution in [3.63, 3.8) is 0 Å². The first-order valence-electron chi connectivity index (χ1n) is 5.08. The molecule has 1 aromatic heterocycles. The van der Waals surface area contributed by atoms with Crippen LogP contribution in [0.15, 0.2) is 0 Å². The van der Waals surface area contributed by atoms with Crippen molar-refractivity contribution in [3.8, 4) is 5.88 Å². The molecule has 2 heterocycles. The van der Waals surface area contributed by atoms with E-state index in [-0.39, 0.29) is 0 Å². The maximum atomic E-state index is 12.3. The summed E-state index contributed by atoms with van der Waals surface area (Å²) in [6, 6.07) is 0. The molecule has 2 rings (SSSR count). The molecule has 0 bridgehead atoms. The summed E-state index contributed by atoms with van der Waals surface area (Å²) in [5.41, 5.74) is 1.35. The molecule has 3 nitrogen and oxygen atoms in total. The molecule has 4 heteroatoms. The van der Waals surface area contributed by atoms with Crippen LogP contribution >= 0.6 is 0 Å². The van der Waals surface area contributed by atoms with Gasteiger partial charge in [0.05, 0.1) is 6.61 Å². The molecular formula is C10H17FN2O. The van der Waals surface area contributed by atoms with E-state index in [4.69, 9.17) is 4.74 Å². The summed E-state index contributed by atoms with van der Waals surface area (Å²) < 4.78 is 19.5. The van der Waals surface area contributed by atoms with Gasteiger partial charge in [-0.3, -0.25) is 0 Å². The third-order valence-corrected chi connectivity index (χ3v) is 2.11. The van der Waals surface area contributed by atoms with Crippen LogP contribution in [-0.4, -0.2) is 16.4 Å². The molecule has 0 N–H and O–H groups in total. The Morgan fingerprint density at radius 2 is 2.21 bits per heavy atom. The summed E-state index contributed by atoms with van der Waals surface area (Å²) in [5, 5.41) is 4.09. The summed E-state index contributed by atoms with van der Waals surface area (Å²) in [6.07, 6.45) is 0.958. The van der Waals surface area contributed by atoms with Gasteiger partial charge in [0.25, 0.3) is 0 Å². The van der Waals surface area contributed by atoms with Gasteiger partial charge in [0.15, 0.2) is 0 Å². The van der Waals surface area contributed by atoms with E-state index in [9.17, 15) is 4.39 Å². The Morgan fingerprint density at radius 3 is 2.79 bits per heavy atom. The minimum atomic E-state index is -0.505. The SMILES string of the molecule is CC.Cc1c(CF)nn2c1OCCC2. The van der Waals surface area contributed by atoms with Crippen LogP contribution in [-0.2, 0) is 13.2 Å². The van der Waals surface area contributed by atoms with Crippen molar-refractivity contribution in [2.75, 3.05) is 6.61 Å². The van der Waals surface area contributed by atoms with E-state index in [0.29, 0.717) is 5.69 Å². The normalized spacial score (nSPS) is 13.7. The Balaban J connectivity index is 0.000000461. The number of halogens is 1. The second-order valence-electron chi connectivity index (χ2n) is 2.94. The van der Waals surface area contributed by atoms with Crippen LogP contribution in [0.1, 0.15) is 31.5 Å². The van der Waals surface area contributed by atoms with E-state index < -0.39 is 6.67 Å². The summed E-state index contributed by atoms with van der Waals surface area (Å²) in [7, 11) is 0. The number of hydrogen-bond donors (Lipinski definition) is 0. The van der Waals surface area contributed by atoms with E-state index >= 15 is 0 Å². The predicted molar refractivity (Wildman–Crippen MR) is 53.2 cm³/mol. The van der Waals surface area contributed by atoms with E-state index in [0.717, 1.165) is 31.0 Å². The smallest absolute Gasteiger partial charge is 0.215 e. The highest BCUT2D eigenvalue weighted by Crippen LogP contribution is 2.25. The molecule has 0 saturated carbocycles. The summed E-state index contributed by atoms with van der Waals surface area (Å²) in [6.45, 7) is 6.91. The van der Waals surface area contributed by atoms with E-state index in [1.807, 2.05) is 20.8 Å². The highest BCUT2D eigenvalue weighted by molar-refractivity contribution is 5.30. The molecule has 0 aromatic carbocycles. The Kier molecular flexibility index (Phi) is 3.92. The van der Waals surface area contributed by atoms with Gasteiger partial charge >= 0.3 is 0 Å². The first kappa shape index (κ1) is 11.0. The largest absolute Gasteiger partial charge is 0.478 e. The Morgan fingerprint density at radius 1 is 1.50 bits per heavy atom. The summed E-state index contributed by atoms with van der Waals surface area (Å²) in [4.78, 5) is 0. The van der Waals surface area contributed by atoms with Gasteiger partial charge in [0.2, 0.25) is 5.88 Å². The molecule has 14 heavy (non-hydrogen) atoms. The monoisotopic (exact) mass is 200 g/mol. The van der Waals surface area contributed by atoms with Gasteiger partial charge in [-0.2, -0.15) is 5.10 Å². The number of alkyl halides is 1. The van der Waals surface area contributed by atoms with Crippen LogP contribution in [0.4, 0.5) is 4.39 Å². The zero-order valence-corrected chi connectivity index (χ0v) is 9.01. The quantitative estimate of drug-likeness (QED) is 0.696. The number of ether oxygens (including phenoxy) is 1. The molecule has 0 radical (unpaired) electrons. The number of rotatable bonds is 1. The van der Waals surface area contributed by atoms with Crippen molar-refractivity contribution >= 4 is 0 Å². The maximum absolute atomic E-state index is 12.3. The van der Waals surface area contributed by atoms with Crippen LogP contribution in [0.2, 0.25) is 0 Å². The number of fused-ring (bicyclic) bond motifs is 1. The van der Waals surface area contributed by atoms with Gasteiger partial charge in [-0.05, 0) is 6.92 Å². The highest BCUT2D eigenvalue weighted by atomic mass is 19.1. The lowest BCUT2D eigenvalue weighted by Crippen LogP contribution is -2.14. The minimum absolute atomic E-state index is 0.505. The predicted octanol–water partition coefficient (Wildman–Crippen LogP) is 2.47.